The van der Waals surface area contributed by atoms with E-state index < -0.39 is 23.5 Å². The largest absolute Gasteiger partial charge is 0.505 e. The molecule has 0 spiro atoms. The van der Waals surface area contributed by atoms with Gasteiger partial charge in [-0.05, 0) is 19.9 Å². The lowest BCUT2D eigenvalue weighted by molar-refractivity contribution is -0.139. The SMILES string of the molecule is CCOC(=O)C1=C(C)OC(N)=C(C#N)C1c1cccc(F)c1O. The molecule has 1 aliphatic heterocycles. The number of nitriles is 1. The second kappa shape index (κ2) is 6.40. The van der Waals surface area contributed by atoms with E-state index >= 15 is 0 Å². The van der Waals surface area contributed by atoms with Crippen molar-refractivity contribution in [3.05, 3.63) is 52.4 Å². The monoisotopic (exact) mass is 318 g/mol. The number of nitrogens with zero attached hydrogens (tertiary/aromatic N) is 1. The van der Waals surface area contributed by atoms with Crippen molar-refractivity contribution < 1.29 is 23.8 Å². The summed E-state index contributed by atoms with van der Waals surface area (Å²) < 4.78 is 23.9. The molecule has 0 amide bonds. The highest BCUT2D eigenvalue weighted by molar-refractivity contribution is 5.92. The molecule has 23 heavy (non-hydrogen) atoms. The standard InChI is InChI=1S/C16H15FN2O4/c1-3-22-16(21)12-8(2)23-15(19)10(7-18)13(12)9-5-4-6-11(17)14(9)20/h4-6,13,20H,3,19H2,1-2H3. The molecule has 0 saturated heterocycles. The summed E-state index contributed by atoms with van der Waals surface area (Å²) >= 11 is 0. The topological polar surface area (TPSA) is 106 Å². The van der Waals surface area contributed by atoms with E-state index in [1.807, 2.05) is 6.07 Å². The van der Waals surface area contributed by atoms with Crippen LogP contribution in [0.25, 0.3) is 0 Å². The van der Waals surface area contributed by atoms with Crippen LogP contribution in [0.5, 0.6) is 5.75 Å². The summed E-state index contributed by atoms with van der Waals surface area (Å²) in [5.74, 6) is -3.39. The number of phenolic OH excluding ortho intramolecular Hbond substituents is 1. The molecule has 3 N–H and O–H groups in total. The van der Waals surface area contributed by atoms with Crippen LogP contribution >= 0.6 is 0 Å². The van der Waals surface area contributed by atoms with Gasteiger partial charge >= 0.3 is 5.97 Å². The Morgan fingerprint density at radius 2 is 2.26 bits per heavy atom. The molecule has 0 aromatic heterocycles. The lowest BCUT2D eigenvalue weighted by Crippen LogP contribution is -2.25. The van der Waals surface area contributed by atoms with E-state index in [-0.39, 0.29) is 35.0 Å². The van der Waals surface area contributed by atoms with E-state index in [1.165, 1.54) is 19.1 Å². The van der Waals surface area contributed by atoms with Crippen LogP contribution in [0.15, 0.2) is 41.0 Å². The van der Waals surface area contributed by atoms with Crippen LogP contribution in [0.4, 0.5) is 4.39 Å². The van der Waals surface area contributed by atoms with Crippen molar-refractivity contribution >= 4 is 5.97 Å². The number of carbonyl (C=O) groups is 1. The maximum Gasteiger partial charge on any atom is 0.338 e. The second-order valence-corrected chi connectivity index (χ2v) is 4.79. The molecule has 120 valence electrons. The third-order valence-electron chi connectivity index (χ3n) is 3.43. The van der Waals surface area contributed by atoms with Crippen LogP contribution in [0.1, 0.15) is 25.3 Å². The molecule has 1 aromatic carbocycles. The van der Waals surface area contributed by atoms with E-state index in [4.69, 9.17) is 15.2 Å². The van der Waals surface area contributed by atoms with Crippen molar-refractivity contribution in [2.45, 2.75) is 19.8 Å². The molecular weight excluding hydrogens is 303 g/mol. The first-order valence-electron chi connectivity index (χ1n) is 6.85. The second-order valence-electron chi connectivity index (χ2n) is 4.79. The number of halogens is 1. The minimum Gasteiger partial charge on any atom is -0.505 e. The number of hydrogen-bond acceptors (Lipinski definition) is 6. The number of esters is 1. The van der Waals surface area contributed by atoms with Crippen molar-refractivity contribution in [2.75, 3.05) is 6.61 Å². The maximum atomic E-state index is 13.7. The van der Waals surface area contributed by atoms with Crippen molar-refractivity contribution in [1.29, 1.82) is 5.26 Å². The smallest absolute Gasteiger partial charge is 0.338 e. The quantitative estimate of drug-likeness (QED) is 0.827. The van der Waals surface area contributed by atoms with E-state index in [2.05, 4.69) is 0 Å². The van der Waals surface area contributed by atoms with Gasteiger partial charge in [-0.15, -0.1) is 0 Å². The Morgan fingerprint density at radius 1 is 1.57 bits per heavy atom. The third-order valence-corrected chi connectivity index (χ3v) is 3.43. The summed E-state index contributed by atoms with van der Waals surface area (Å²) in [6.45, 7) is 3.22. The van der Waals surface area contributed by atoms with E-state index in [1.54, 1.807) is 6.92 Å². The minimum atomic E-state index is -1.07. The number of carbonyl (C=O) groups excluding carboxylic acids is 1. The molecule has 0 fully saturated rings. The van der Waals surface area contributed by atoms with Gasteiger partial charge in [0.2, 0.25) is 5.88 Å². The molecule has 0 bridgehead atoms. The molecule has 1 aliphatic rings. The Bertz CT molecular complexity index is 762. The summed E-state index contributed by atoms with van der Waals surface area (Å²) in [5, 5.41) is 19.4. The maximum absolute atomic E-state index is 13.7. The first kappa shape index (κ1) is 16.4. The van der Waals surface area contributed by atoms with Crippen LogP contribution in [0, 0.1) is 17.1 Å². The Balaban J connectivity index is 2.69. The first-order valence-corrected chi connectivity index (χ1v) is 6.85. The molecule has 1 heterocycles. The molecule has 0 aliphatic carbocycles. The molecule has 1 atom stereocenters. The van der Waals surface area contributed by atoms with Gasteiger partial charge in [-0.1, -0.05) is 12.1 Å². The predicted molar refractivity (Wildman–Crippen MR) is 78.1 cm³/mol. The van der Waals surface area contributed by atoms with Crippen LogP contribution in [0.3, 0.4) is 0 Å². The zero-order chi connectivity index (χ0) is 17.1. The Labute approximate surface area is 132 Å². The molecule has 1 aromatic rings. The Morgan fingerprint density at radius 3 is 2.87 bits per heavy atom. The molecule has 6 nitrogen and oxygen atoms in total. The van der Waals surface area contributed by atoms with Gasteiger partial charge in [0.25, 0.3) is 0 Å². The van der Waals surface area contributed by atoms with Gasteiger partial charge < -0.3 is 20.3 Å². The number of ether oxygens (including phenoxy) is 2. The zero-order valence-corrected chi connectivity index (χ0v) is 12.6. The van der Waals surface area contributed by atoms with Crippen molar-refractivity contribution in [1.82, 2.24) is 0 Å². The van der Waals surface area contributed by atoms with Crippen LogP contribution in [-0.2, 0) is 14.3 Å². The number of para-hydroxylation sites is 1. The third kappa shape index (κ3) is 2.83. The fourth-order valence-corrected chi connectivity index (χ4v) is 2.43. The Hall–Kier alpha value is -3.01. The minimum absolute atomic E-state index is 0.00139. The van der Waals surface area contributed by atoms with Crippen LogP contribution < -0.4 is 5.73 Å². The van der Waals surface area contributed by atoms with Gasteiger partial charge in [-0.25, -0.2) is 9.18 Å². The van der Waals surface area contributed by atoms with Gasteiger partial charge in [0.1, 0.15) is 17.4 Å². The highest BCUT2D eigenvalue weighted by Gasteiger charge is 2.38. The van der Waals surface area contributed by atoms with Crippen molar-refractivity contribution in [3.8, 4) is 11.8 Å². The lowest BCUT2D eigenvalue weighted by atomic mass is 9.82. The predicted octanol–water partition coefficient (Wildman–Crippen LogP) is 2.18. The lowest BCUT2D eigenvalue weighted by Gasteiger charge is -2.27. The van der Waals surface area contributed by atoms with Crippen LogP contribution in [-0.4, -0.2) is 17.7 Å². The number of nitrogens with two attached hydrogens (primary N) is 1. The number of hydrogen-bond donors (Lipinski definition) is 2. The van der Waals surface area contributed by atoms with Gasteiger partial charge in [0, 0.05) is 5.56 Å². The number of benzene rings is 1. The fraction of sp³-hybridized carbons (Fsp3) is 0.250. The highest BCUT2D eigenvalue weighted by atomic mass is 19.1. The fourth-order valence-electron chi connectivity index (χ4n) is 2.43. The number of rotatable bonds is 3. The van der Waals surface area contributed by atoms with Gasteiger partial charge in [0.05, 0.1) is 18.1 Å². The molecule has 2 rings (SSSR count). The summed E-state index contributed by atoms with van der Waals surface area (Å²) in [6, 6.07) is 5.69. The first-order chi connectivity index (χ1) is 10.9. The molecule has 1 unspecified atom stereocenters. The Kier molecular flexibility index (Phi) is 4.55. The normalized spacial score (nSPS) is 17.6. The molecule has 7 heteroatoms. The van der Waals surface area contributed by atoms with E-state index in [0.717, 1.165) is 6.07 Å². The summed E-state index contributed by atoms with van der Waals surface area (Å²) in [6.07, 6.45) is 0. The summed E-state index contributed by atoms with van der Waals surface area (Å²) in [4.78, 5) is 12.2. The molecule has 0 radical (unpaired) electrons. The average molecular weight is 318 g/mol. The highest BCUT2D eigenvalue weighted by Crippen LogP contribution is 2.43. The summed E-state index contributed by atoms with van der Waals surface area (Å²) in [7, 11) is 0. The molecule has 0 saturated carbocycles. The van der Waals surface area contributed by atoms with Gasteiger partial charge in [-0.3, -0.25) is 0 Å². The van der Waals surface area contributed by atoms with Crippen molar-refractivity contribution in [3.63, 3.8) is 0 Å². The van der Waals surface area contributed by atoms with Crippen molar-refractivity contribution in [2.24, 2.45) is 5.73 Å². The zero-order valence-electron chi connectivity index (χ0n) is 12.6. The average Bonchev–Trinajstić information content (AvgIpc) is 2.49. The van der Waals surface area contributed by atoms with E-state index in [9.17, 15) is 19.6 Å². The number of allylic oxidation sites excluding steroid dienone is 2. The summed E-state index contributed by atoms with van der Waals surface area (Å²) in [5.41, 5.74) is 5.64. The van der Waals surface area contributed by atoms with Gasteiger partial charge in [0.15, 0.2) is 11.6 Å². The van der Waals surface area contributed by atoms with Gasteiger partial charge in [-0.2, -0.15) is 5.26 Å². The number of phenols is 1. The molecular formula is C16H15FN2O4. The van der Waals surface area contributed by atoms with Crippen LogP contribution in [0.2, 0.25) is 0 Å². The van der Waals surface area contributed by atoms with E-state index in [0.29, 0.717) is 0 Å². The number of aromatic hydroxyl groups is 1.